The lowest BCUT2D eigenvalue weighted by atomic mass is 10.1. The molecule has 5 heteroatoms. The average Bonchev–Trinajstić information content (AvgIpc) is 2.28. The molecule has 3 N–H and O–H groups in total. The SMILES string of the molecule is COc1ccc([C@@H](O)[C@H](N)OC=O)cc1. The van der Waals surface area contributed by atoms with Crippen LogP contribution in [0.15, 0.2) is 24.3 Å². The van der Waals surface area contributed by atoms with E-state index in [0.29, 0.717) is 11.3 Å². The number of hydrogen-bond donors (Lipinski definition) is 2. The molecular weight excluding hydrogens is 198 g/mol. The quantitative estimate of drug-likeness (QED) is 0.536. The molecule has 0 aromatic heterocycles. The number of aliphatic hydroxyl groups excluding tert-OH is 1. The summed E-state index contributed by atoms with van der Waals surface area (Å²) >= 11 is 0. The van der Waals surface area contributed by atoms with E-state index >= 15 is 0 Å². The number of carbonyl (C=O) groups is 1. The number of benzene rings is 1. The highest BCUT2D eigenvalue weighted by molar-refractivity contribution is 5.38. The Kier molecular flexibility index (Phi) is 4.08. The van der Waals surface area contributed by atoms with Crippen molar-refractivity contribution in [3.63, 3.8) is 0 Å². The number of carbonyl (C=O) groups excluding carboxylic acids is 1. The van der Waals surface area contributed by atoms with Gasteiger partial charge in [-0.05, 0) is 17.7 Å². The van der Waals surface area contributed by atoms with Crippen molar-refractivity contribution in [1.29, 1.82) is 0 Å². The normalized spacial score (nSPS) is 14.1. The molecule has 82 valence electrons. The van der Waals surface area contributed by atoms with Crippen LogP contribution in [-0.2, 0) is 9.53 Å². The maximum Gasteiger partial charge on any atom is 0.294 e. The first-order chi connectivity index (χ1) is 7.19. The minimum absolute atomic E-state index is 0.206. The summed E-state index contributed by atoms with van der Waals surface area (Å²) in [6.07, 6.45) is -2.10. The van der Waals surface area contributed by atoms with Gasteiger partial charge in [-0.1, -0.05) is 12.1 Å². The highest BCUT2D eigenvalue weighted by atomic mass is 16.5. The van der Waals surface area contributed by atoms with Crippen LogP contribution in [0.3, 0.4) is 0 Å². The summed E-state index contributed by atoms with van der Waals surface area (Å²) in [5.74, 6) is 0.677. The Morgan fingerprint density at radius 3 is 2.47 bits per heavy atom. The monoisotopic (exact) mass is 211 g/mol. The topological polar surface area (TPSA) is 81.8 Å². The number of ether oxygens (including phenoxy) is 2. The van der Waals surface area contributed by atoms with Crippen LogP contribution in [0.5, 0.6) is 5.75 Å². The fourth-order valence-corrected chi connectivity index (χ4v) is 1.13. The molecular formula is C10H13NO4. The molecule has 0 fully saturated rings. The third-order valence-corrected chi connectivity index (χ3v) is 1.98. The number of methoxy groups -OCH3 is 1. The molecule has 0 aliphatic rings. The molecule has 1 aromatic rings. The van der Waals surface area contributed by atoms with Crippen LogP contribution in [0.25, 0.3) is 0 Å². The van der Waals surface area contributed by atoms with Gasteiger partial charge in [-0.3, -0.25) is 10.5 Å². The molecule has 0 radical (unpaired) electrons. The molecule has 0 amide bonds. The van der Waals surface area contributed by atoms with E-state index in [1.807, 2.05) is 0 Å². The van der Waals surface area contributed by atoms with Gasteiger partial charge in [0.25, 0.3) is 6.47 Å². The molecule has 0 saturated heterocycles. The molecule has 0 saturated carbocycles. The van der Waals surface area contributed by atoms with E-state index in [0.717, 1.165) is 0 Å². The van der Waals surface area contributed by atoms with Crippen LogP contribution in [0.2, 0.25) is 0 Å². The van der Waals surface area contributed by atoms with Gasteiger partial charge in [0.2, 0.25) is 0 Å². The minimum Gasteiger partial charge on any atom is -0.497 e. The lowest BCUT2D eigenvalue weighted by Gasteiger charge is -2.17. The Bertz CT molecular complexity index is 312. The predicted molar refractivity (Wildman–Crippen MR) is 53.1 cm³/mol. The highest BCUT2D eigenvalue weighted by Gasteiger charge is 2.17. The fourth-order valence-electron chi connectivity index (χ4n) is 1.13. The van der Waals surface area contributed by atoms with Crippen molar-refractivity contribution in [3.05, 3.63) is 29.8 Å². The van der Waals surface area contributed by atoms with Crippen LogP contribution in [0.4, 0.5) is 0 Å². The first kappa shape index (κ1) is 11.5. The van der Waals surface area contributed by atoms with Gasteiger partial charge in [0, 0.05) is 0 Å². The second-order valence-electron chi connectivity index (χ2n) is 2.91. The molecule has 0 aliphatic heterocycles. The van der Waals surface area contributed by atoms with Gasteiger partial charge in [-0.2, -0.15) is 0 Å². The molecule has 2 atom stereocenters. The summed E-state index contributed by atoms with van der Waals surface area (Å²) in [6, 6.07) is 6.67. The zero-order chi connectivity index (χ0) is 11.3. The highest BCUT2D eigenvalue weighted by Crippen LogP contribution is 2.19. The summed E-state index contributed by atoms with van der Waals surface area (Å²) in [5.41, 5.74) is 5.96. The van der Waals surface area contributed by atoms with Crippen molar-refractivity contribution in [2.45, 2.75) is 12.3 Å². The van der Waals surface area contributed by atoms with Gasteiger partial charge in [0.05, 0.1) is 7.11 Å². The third kappa shape index (κ3) is 2.93. The Morgan fingerprint density at radius 2 is 2.00 bits per heavy atom. The standard InChI is InChI=1S/C10H13NO4/c1-14-8-4-2-7(3-5-8)9(13)10(11)15-6-12/h2-6,9-10,13H,11H2,1H3/t9-,10-/m1/s1. The minimum atomic E-state index is -1.06. The van der Waals surface area contributed by atoms with Crippen molar-refractivity contribution in [2.75, 3.05) is 7.11 Å². The van der Waals surface area contributed by atoms with E-state index < -0.39 is 12.3 Å². The van der Waals surface area contributed by atoms with Crippen molar-refractivity contribution < 1.29 is 19.4 Å². The van der Waals surface area contributed by atoms with E-state index in [1.54, 1.807) is 31.4 Å². The van der Waals surface area contributed by atoms with Crippen LogP contribution in [0, 0.1) is 0 Å². The lowest BCUT2D eigenvalue weighted by Crippen LogP contribution is -2.30. The van der Waals surface area contributed by atoms with Crippen LogP contribution < -0.4 is 10.5 Å². The van der Waals surface area contributed by atoms with Crippen molar-refractivity contribution >= 4 is 6.47 Å². The number of rotatable bonds is 5. The summed E-state index contributed by atoms with van der Waals surface area (Å²) in [4.78, 5) is 10.0. The largest absolute Gasteiger partial charge is 0.497 e. The third-order valence-electron chi connectivity index (χ3n) is 1.98. The first-order valence-corrected chi connectivity index (χ1v) is 4.35. The molecule has 1 rings (SSSR count). The van der Waals surface area contributed by atoms with Crippen LogP contribution in [0.1, 0.15) is 11.7 Å². The van der Waals surface area contributed by atoms with Gasteiger partial charge in [0.1, 0.15) is 11.9 Å². The zero-order valence-corrected chi connectivity index (χ0v) is 8.29. The second kappa shape index (κ2) is 5.33. The van der Waals surface area contributed by atoms with Crippen molar-refractivity contribution in [1.82, 2.24) is 0 Å². The maximum absolute atomic E-state index is 10.0. The predicted octanol–water partition coefficient (Wildman–Crippen LogP) is 0.186. The van der Waals surface area contributed by atoms with Crippen LogP contribution >= 0.6 is 0 Å². The zero-order valence-electron chi connectivity index (χ0n) is 8.29. The second-order valence-corrected chi connectivity index (χ2v) is 2.91. The Hall–Kier alpha value is -1.59. The molecule has 5 nitrogen and oxygen atoms in total. The molecule has 0 spiro atoms. The smallest absolute Gasteiger partial charge is 0.294 e. The molecule has 0 bridgehead atoms. The summed E-state index contributed by atoms with van der Waals surface area (Å²) in [7, 11) is 1.55. The Labute approximate surface area is 87.4 Å². The van der Waals surface area contributed by atoms with Gasteiger partial charge in [-0.15, -0.1) is 0 Å². The van der Waals surface area contributed by atoms with E-state index in [2.05, 4.69) is 4.74 Å². The van der Waals surface area contributed by atoms with Gasteiger partial charge in [0.15, 0.2) is 6.23 Å². The Balaban J connectivity index is 2.72. The first-order valence-electron chi connectivity index (χ1n) is 4.35. The number of nitrogens with two attached hydrogens (primary N) is 1. The van der Waals surface area contributed by atoms with Crippen molar-refractivity contribution in [3.8, 4) is 5.75 Å². The molecule has 0 heterocycles. The number of aliphatic hydroxyl groups is 1. The Morgan fingerprint density at radius 1 is 1.40 bits per heavy atom. The van der Waals surface area contributed by atoms with E-state index in [4.69, 9.17) is 10.5 Å². The van der Waals surface area contributed by atoms with Gasteiger partial charge >= 0.3 is 0 Å². The van der Waals surface area contributed by atoms with Crippen LogP contribution in [-0.4, -0.2) is 24.9 Å². The number of hydrogen-bond acceptors (Lipinski definition) is 5. The summed E-state index contributed by atoms with van der Waals surface area (Å²) < 4.78 is 9.39. The summed E-state index contributed by atoms with van der Waals surface area (Å²) in [5, 5.41) is 9.63. The maximum atomic E-state index is 10.0. The lowest BCUT2D eigenvalue weighted by molar-refractivity contribution is -0.139. The van der Waals surface area contributed by atoms with E-state index in [9.17, 15) is 9.90 Å². The summed E-state index contributed by atoms with van der Waals surface area (Å²) in [6.45, 7) is 0.206. The molecule has 15 heavy (non-hydrogen) atoms. The average molecular weight is 211 g/mol. The molecule has 0 aliphatic carbocycles. The van der Waals surface area contributed by atoms with E-state index in [-0.39, 0.29) is 6.47 Å². The van der Waals surface area contributed by atoms with E-state index in [1.165, 1.54) is 0 Å². The molecule has 0 unspecified atom stereocenters. The van der Waals surface area contributed by atoms with Gasteiger partial charge < -0.3 is 14.6 Å². The van der Waals surface area contributed by atoms with Crippen molar-refractivity contribution in [2.24, 2.45) is 5.73 Å². The molecule has 1 aromatic carbocycles. The van der Waals surface area contributed by atoms with Gasteiger partial charge in [-0.25, -0.2) is 0 Å². The fraction of sp³-hybridized carbons (Fsp3) is 0.300.